The van der Waals surface area contributed by atoms with Gasteiger partial charge in [0.2, 0.25) is 16.8 Å². The summed E-state index contributed by atoms with van der Waals surface area (Å²) in [5, 5.41) is 2.05. The second kappa shape index (κ2) is 10.8. The van der Waals surface area contributed by atoms with Crippen molar-refractivity contribution in [3.8, 4) is 5.75 Å². The fourth-order valence-corrected chi connectivity index (χ4v) is 7.84. The van der Waals surface area contributed by atoms with Crippen molar-refractivity contribution < 1.29 is 23.9 Å². The number of nitrogens with zero attached hydrogens (tertiary/aromatic N) is 3. The predicted octanol–water partition coefficient (Wildman–Crippen LogP) is 5.67. The SMILES string of the molecule is CC[C@@]1(C)C(=O)O[C@](C)(C(=O)Oc2c3n(ccc2=O)N(C2c4ccccc4CSc4ccccc42)CN(C(C)C)C3=O)C1(C)C. The number of fused-ring (bicyclic) bond motifs is 3. The number of benzene rings is 2. The van der Waals surface area contributed by atoms with Gasteiger partial charge < -0.3 is 14.4 Å². The predicted molar refractivity (Wildman–Crippen MR) is 172 cm³/mol. The number of pyridine rings is 1. The molecule has 45 heavy (non-hydrogen) atoms. The van der Waals surface area contributed by atoms with Gasteiger partial charge in [-0.1, -0.05) is 63.2 Å². The van der Waals surface area contributed by atoms with E-state index in [9.17, 15) is 19.2 Å². The lowest BCUT2D eigenvalue weighted by Gasteiger charge is -2.45. The zero-order valence-corrected chi connectivity index (χ0v) is 27.6. The molecule has 0 bridgehead atoms. The quantitative estimate of drug-likeness (QED) is 0.333. The average molecular weight is 630 g/mol. The summed E-state index contributed by atoms with van der Waals surface area (Å²) < 4.78 is 13.3. The van der Waals surface area contributed by atoms with Crippen LogP contribution in [0.2, 0.25) is 0 Å². The molecule has 9 nitrogen and oxygen atoms in total. The maximum Gasteiger partial charge on any atom is 0.356 e. The van der Waals surface area contributed by atoms with E-state index in [0.717, 1.165) is 21.8 Å². The van der Waals surface area contributed by atoms with Crippen LogP contribution in [0.4, 0.5) is 0 Å². The largest absolute Gasteiger partial charge is 0.446 e. The molecule has 0 aliphatic carbocycles. The normalized spacial score (nSPS) is 25.3. The third kappa shape index (κ3) is 4.43. The molecule has 0 N–H and O–H groups in total. The average Bonchev–Trinajstić information content (AvgIpc) is 3.11. The molecule has 236 valence electrons. The molecule has 1 aromatic heterocycles. The molecule has 2 aromatic carbocycles. The number of esters is 2. The van der Waals surface area contributed by atoms with Crippen molar-refractivity contribution in [1.82, 2.24) is 9.58 Å². The smallest absolute Gasteiger partial charge is 0.356 e. The van der Waals surface area contributed by atoms with Crippen molar-refractivity contribution in [2.75, 3.05) is 11.7 Å². The minimum absolute atomic E-state index is 0.0494. The number of amides is 1. The molecule has 1 fully saturated rings. The van der Waals surface area contributed by atoms with Gasteiger partial charge in [-0.2, -0.15) is 0 Å². The number of aromatic nitrogens is 1. The fraction of sp³-hybridized carbons (Fsp3) is 0.429. The summed E-state index contributed by atoms with van der Waals surface area (Å²) in [5.41, 5.74) is -0.962. The highest BCUT2D eigenvalue weighted by Crippen LogP contribution is 2.57. The van der Waals surface area contributed by atoms with E-state index in [0.29, 0.717) is 6.42 Å². The van der Waals surface area contributed by atoms with Gasteiger partial charge in [-0.3, -0.25) is 24.1 Å². The number of thioether (sulfide) groups is 1. The first-order chi connectivity index (χ1) is 21.3. The molecule has 3 aliphatic rings. The second-order valence-electron chi connectivity index (χ2n) is 13.2. The second-order valence-corrected chi connectivity index (χ2v) is 14.2. The molecule has 0 spiro atoms. The Bertz CT molecular complexity index is 1740. The summed E-state index contributed by atoms with van der Waals surface area (Å²) >= 11 is 1.76. The highest BCUT2D eigenvalue weighted by molar-refractivity contribution is 7.98. The Hall–Kier alpha value is -4.05. The van der Waals surface area contributed by atoms with Crippen molar-refractivity contribution in [2.24, 2.45) is 10.8 Å². The lowest BCUT2D eigenvalue weighted by atomic mass is 9.60. The number of hydrogen-bond donors (Lipinski definition) is 0. The number of hydrogen-bond acceptors (Lipinski definition) is 8. The van der Waals surface area contributed by atoms with Crippen molar-refractivity contribution in [2.45, 2.75) is 83.2 Å². The number of ether oxygens (including phenoxy) is 2. The van der Waals surface area contributed by atoms with Crippen LogP contribution in [0.1, 0.15) is 88.1 Å². The van der Waals surface area contributed by atoms with E-state index in [2.05, 4.69) is 24.3 Å². The van der Waals surface area contributed by atoms with Gasteiger partial charge in [0.1, 0.15) is 6.67 Å². The first-order valence-corrected chi connectivity index (χ1v) is 16.3. The van der Waals surface area contributed by atoms with Gasteiger partial charge in [0, 0.05) is 34.4 Å². The zero-order valence-electron chi connectivity index (χ0n) is 26.7. The summed E-state index contributed by atoms with van der Waals surface area (Å²) in [6.45, 7) is 12.8. The fourth-order valence-electron chi connectivity index (χ4n) is 6.74. The van der Waals surface area contributed by atoms with Crippen LogP contribution < -0.4 is 15.2 Å². The maximum absolute atomic E-state index is 14.2. The number of carbonyl (C=O) groups is 3. The lowest BCUT2D eigenvalue weighted by Crippen LogP contribution is -2.58. The Balaban J connectivity index is 1.52. The number of rotatable bonds is 5. The van der Waals surface area contributed by atoms with Crippen LogP contribution in [-0.4, -0.2) is 45.7 Å². The van der Waals surface area contributed by atoms with E-state index >= 15 is 0 Å². The van der Waals surface area contributed by atoms with Gasteiger partial charge in [-0.05, 0) is 56.9 Å². The molecule has 10 heteroatoms. The molecule has 6 rings (SSSR count). The first kappa shape index (κ1) is 31.0. The Morgan fingerprint density at radius 2 is 1.67 bits per heavy atom. The van der Waals surface area contributed by atoms with Crippen molar-refractivity contribution in [3.63, 3.8) is 0 Å². The molecule has 4 heterocycles. The van der Waals surface area contributed by atoms with E-state index in [4.69, 9.17) is 9.47 Å². The maximum atomic E-state index is 14.2. The van der Waals surface area contributed by atoms with Crippen LogP contribution in [0.5, 0.6) is 5.75 Å². The van der Waals surface area contributed by atoms with Gasteiger partial charge in [0.15, 0.2) is 5.69 Å². The molecule has 1 saturated heterocycles. The van der Waals surface area contributed by atoms with E-state index in [-0.39, 0.29) is 30.2 Å². The van der Waals surface area contributed by atoms with Gasteiger partial charge in [-0.25, -0.2) is 4.79 Å². The number of cyclic esters (lactones) is 1. The molecular weight excluding hydrogens is 590 g/mol. The summed E-state index contributed by atoms with van der Waals surface area (Å²) in [6.07, 6.45) is 2.02. The Labute approximate surface area is 267 Å². The third-order valence-corrected chi connectivity index (χ3v) is 11.7. The zero-order chi connectivity index (χ0) is 32.5. The molecule has 3 atom stereocenters. The molecule has 0 saturated carbocycles. The number of carbonyl (C=O) groups excluding carboxylic acids is 3. The summed E-state index contributed by atoms with van der Waals surface area (Å²) in [7, 11) is 0. The van der Waals surface area contributed by atoms with Crippen LogP contribution in [0, 0.1) is 10.8 Å². The highest BCUT2D eigenvalue weighted by Gasteiger charge is 2.69. The van der Waals surface area contributed by atoms with E-state index < -0.39 is 39.7 Å². The molecule has 0 radical (unpaired) electrons. The van der Waals surface area contributed by atoms with Crippen molar-refractivity contribution >= 4 is 29.6 Å². The van der Waals surface area contributed by atoms with Gasteiger partial charge in [-0.15, -0.1) is 11.8 Å². The van der Waals surface area contributed by atoms with Crippen LogP contribution in [0.3, 0.4) is 0 Å². The van der Waals surface area contributed by atoms with Crippen molar-refractivity contribution in [3.05, 3.63) is 93.4 Å². The molecular formula is C35H39N3O6S. The van der Waals surface area contributed by atoms with Gasteiger partial charge >= 0.3 is 11.9 Å². The molecule has 3 aliphatic heterocycles. The topological polar surface area (TPSA) is 98.2 Å². The minimum atomic E-state index is -1.69. The highest BCUT2D eigenvalue weighted by atomic mass is 32.2. The van der Waals surface area contributed by atoms with Crippen LogP contribution in [-0.2, 0) is 20.1 Å². The Morgan fingerprint density at radius 1 is 1.00 bits per heavy atom. The van der Waals surface area contributed by atoms with Crippen molar-refractivity contribution in [1.29, 1.82) is 0 Å². The molecule has 1 amide bonds. The Morgan fingerprint density at radius 3 is 2.33 bits per heavy atom. The van der Waals surface area contributed by atoms with Crippen LogP contribution >= 0.6 is 11.8 Å². The Kier molecular flexibility index (Phi) is 7.42. The third-order valence-electron chi connectivity index (χ3n) is 10.6. The first-order valence-electron chi connectivity index (χ1n) is 15.4. The van der Waals surface area contributed by atoms with E-state index in [1.165, 1.54) is 18.6 Å². The standard InChI is InChI=1S/C35H39N3O6S/c1-8-34(6)31(41)44-35(7,33(34,4)5)32(42)43-29-25(39)17-18-37-28(29)30(40)36(21(2)3)20-38(37)27-23-14-10-9-13-22(23)19-45-26-16-12-11-15-24(26)27/h9-18,21,27H,8,19-20H2,1-7H3/t27?,34-,35+/m0/s1. The summed E-state index contributed by atoms with van der Waals surface area (Å²) in [4.78, 5) is 57.6. The van der Waals surface area contributed by atoms with E-state index in [1.54, 1.807) is 48.3 Å². The summed E-state index contributed by atoms with van der Waals surface area (Å²) in [6, 6.07) is 17.2. The van der Waals surface area contributed by atoms with Crippen LogP contribution in [0.15, 0.2) is 70.5 Å². The van der Waals surface area contributed by atoms with Gasteiger partial charge in [0.05, 0.1) is 11.5 Å². The lowest BCUT2D eigenvalue weighted by molar-refractivity contribution is -0.171. The van der Waals surface area contributed by atoms with Gasteiger partial charge in [0.25, 0.3) is 5.91 Å². The minimum Gasteiger partial charge on any atom is -0.446 e. The van der Waals surface area contributed by atoms with E-state index in [1.807, 2.05) is 50.0 Å². The monoisotopic (exact) mass is 629 g/mol. The van der Waals surface area contributed by atoms with Crippen LogP contribution in [0.25, 0.3) is 0 Å². The molecule has 3 aromatic rings. The summed E-state index contributed by atoms with van der Waals surface area (Å²) in [5.74, 6) is -1.43. The molecule has 1 unspecified atom stereocenters.